The van der Waals surface area contributed by atoms with E-state index in [0.29, 0.717) is 36.4 Å². The van der Waals surface area contributed by atoms with Crippen molar-refractivity contribution in [2.24, 2.45) is 11.8 Å². The van der Waals surface area contributed by atoms with Crippen LogP contribution in [0.3, 0.4) is 0 Å². The van der Waals surface area contributed by atoms with Crippen LogP contribution in [0.5, 0.6) is 11.5 Å². The fraction of sp³-hybridized carbons (Fsp3) is 0.700. The van der Waals surface area contributed by atoms with Gasteiger partial charge in [-0.15, -0.1) is 0 Å². The SMILES string of the molecule is COCCCN1CC[C@@H]2CN(S(=O)(=O)c3cc(OC)ccc3OC)C[C@@H]2CC1. The summed E-state index contributed by atoms with van der Waals surface area (Å²) in [6.07, 6.45) is 3.12. The lowest BCUT2D eigenvalue weighted by molar-refractivity contribution is 0.172. The summed E-state index contributed by atoms with van der Waals surface area (Å²) in [5.74, 6) is 1.70. The molecule has 0 N–H and O–H groups in total. The molecule has 0 saturated carbocycles. The molecule has 7 nitrogen and oxygen atoms in total. The third-order valence-electron chi connectivity index (χ3n) is 5.99. The second-order valence-electron chi connectivity index (χ2n) is 7.62. The van der Waals surface area contributed by atoms with E-state index in [1.165, 1.54) is 14.2 Å². The average molecular weight is 413 g/mol. The molecule has 2 heterocycles. The van der Waals surface area contributed by atoms with Gasteiger partial charge in [0.25, 0.3) is 0 Å². The van der Waals surface area contributed by atoms with Crippen molar-refractivity contribution in [1.29, 1.82) is 0 Å². The summed E-state index contributed by atoms with van der Waals surface area (Å²) in [7, 11) is 1.14. The fourth-order valence-corrected chi connectivity index (χ4v) is 6.06. The lowest BCUT2D eigenvalue weighted by Gasteiger charge is -2.22. The van der Waals surface area contributed by atoms with E-state index in [4.69, 9.17) is 14.2 Å². The number of rotatable bonds is 8. The zero-order chi connectivity index (χ0) is 20.1. The summed E-state index contributed by atoms with van der Waals surface area (Å²) in [5.41, 5.74) is 0. The van der Waals surface area contributed by atoms with Gasteiger partial charge in [-0.1, -0.05) is 0 Å². The molecule has 28 heavy (non-hydrogen) atoms. The molecule has 0 bridgehead atoms. The third-order valence-corrected chi connectivity index (χ3v) is 7.84. The van der Waals surface area contributed by atoms with Crippen LogP contribution in [0, 0.1) is 11.8 Å². The molecule has 0 aromatic heterocycles. The molecule has 0 amide bonds. The van der Waals surface area contributed by atoms with E-state index in [0.717, 1.165) is 45.5 Å². The quantitative estimate of drug-likeness (QED) is 0.609. The van der Waals surface area contributed by atoms with E-state index in [9.17, 15) is 8.42 Å². The van der Waals surface area contributed by atoms with Crippen LogP contribution < -0.4 is 9.47 Å². The predicted octanol–water partition coefficient (Wildman–Crippen LogP) is 2.07. The van der Waals surface area contributed by atoms with Gasteiger partial charge in [0.05, 0.1) is 14.2 Å². The van der Waals surface area contributed by atoms with Crippen LogP contribution in [0.25, 0.3) is 0 Å². The van der Waals surface area contributed by atoms with Gasteiger partial charge in [-0.2, -0.15) is 4.31 Å². The fourth-order valence-electron chi connectivity index (χ4n) is 4.34. The highest BCUT2D eigenvalue weighted by molar-refractivity contribution is 7.89. The summed E-state index contributed by atoms with van der Waals surface area (Å²) >= 11 is 0. The van der Waals surface area contributed by atoms with Crippen molar-refractivity contribution in [3.05, 3.63) is 18.2 Å². The Bertz CT molecular complexity index is 739. The van der Waals surface area contributed by atoms with E-state index in [2.05, 4.69) is 4.90 Å². The highest BCUT2D eigenvalue weighted by atomic mass is 32.2. The lowest BCUT2D eigenvalue weighted by atomic mass is 9.92. The number of methoxy groups -OCH3 is 3. The van der Waals surface area contributed by atoms with Crippen LogP contribution in [0.4, 0.5) is 0 Å². The number of likely N-dealkylation sites (tertiary alicyclic amines) is 1. The molecule has 0 spiro atoms. The Morgan fingerprint density at radius 3 is 2.29 bits per heavy atom. The topological polar surface area (TPSA) is 68.3 Å². The zero-order valence-electron chi connectivity index (χ0n) is 17.1. The smallest absolute Gasteiger partial charge is 0.246 e. The molecule has 8 heteroatoms. The summed E-state index contributed by atoms with van der Waals surface area (Å²) in [5, 5.41) is 0. The highest BCUT2D eigenvalue weighted by Crippen LogP contribution is 2.37. The maximum atomic E-state index is 13.3. The van der Waals surface area contributed by atoms with Crippen molar-refractivity contribution in [3.63, 3.8) is 0 Å². The Kier molecular flexibility index (Phi) is 7.20. The maximum absolute atomic E-state index is 13.3. The van der Waals surface area contributed by atoms with Crippen molar-refractivity contribution in [1.82, 2.24) is 9.21 Å². The minimum absolute atomic E-state index is 0.187. The van der Waals surface area contributed by atoms with Gasteiger partial charge in [0.1, 0.15) is 16.4 Å². The maximum Gasteiger partial charge on any atom is 0.246 e. The molecular weight excluding hydrogens is 380 g/mol. The molecule has 0 radical (unpaired) electrons. The van der Waals surface area contributed by atoms with Gasteiger partial charge in [0, 0.05) is 39.4 Å². The van der Waals surface area contributed by atoms with E-state index in [-0.39, 0.29) is 4.90 Å². The van der Waals surface area contributed by atoms with Gasteiger partial charge >= 0.3 is 0 Å². The minimum Gasteiger partial charge on any atom is -0.497 e. The van der Waals surface area contributed by atoms with Crippen LogP contribution in [0.1, 0.15) is 19.3 Å². The zero-order valence-corrected chi connectivity index (χ0v) is 17.9. The van der Waals surface area contributed by atoms with Gasteiger partial charge in [-0.05, 0) is 56.3 Å². The van der Waals surface area contributed by atoms with Crippen molar-refractivity contribution in [2.75, 3.05) is 60.7 Å². The van der Waals surface area contributed by atoms with Crippen LogP contribution in [-0.4, -0.2) is 78.3 Å². The summed E-state index contributed by atoms with van der Waals surface area (Å²) in [4.78, 5) is 2.67. The summed E-state index contributed by atoms with van der Waals surface area (Å²) < 4.78 is 44.0. The average Bonchev–Trinajstić information content (AvgIpc) is 3.04. The second-order valence-corrected chi connectivity index (χ2v) is 9.53. The van der Waals surface area contributed by atoms with Crippen LogP contribution in [-0.2, 0) is 14.8 Å². The molecule has 2 fully saturated rings. The van der Waals surface area contributed by atoms with Crippen LogP contribution >= 0.6 is 0 Å². The molecule has 158 valence electrons. The van der Waals surface area contributed by atoms with Gasteiger partial charge in [0.2, 0.25) is 10.0 Å². The number of nitrogens with zero attached hydrogens (tertiary/aromatic N) is 2. The summed E-state index contributed by atoms with van der Waals surface area (Å²) in [6, 6.07) is 4.92. The predicted molar refractivity (Wildman–Crippen MR) is 107 cm³/mol. The first-order valence-corrected chi connectivity index (χ1v) is 11.4. The molecule has 1 aromatic carbocycles. The Morgan fingerprint density at radius 1 is 1.04 bits per heavy atom. The first-order chi connectivity index (χ1) is 13.5. The Morgan fingerprint density at radius 2 is 1.71 bits per heavy atom. The minimum atomic E-state index is -3.62. The monoisotopic (exact) mass is 412 g/mol. The third kappa shape index (κ3) is 4.62. The Balaban J connectivity index is 1.69. The number of hydrogen-bond donors (Lipinski definition) is 0. The van der Waals surface area contributed by atoms with Crippen molar-refractivity contribution in [2.45, 2.75) is 24.2 Å². The normalized spacial score (nSPS) is 24.0. The van der Waals surface area contributed by atoms with E-state index < -0.39 is 10.0 Å². The largest absolute Gasteiger partial charge is 0.497 e. The van der Waals surface area contributed by atoms with Gasteiger partial charge in [0.15, 0.2) is 0 Å². The number of sulfonamides is 1. The number of benzene rings is 1. The molecule has 2 aliphatic rings. The standard InChI is InChI=1S/C20H32N2O5S/c1-25-12-4-9-21-10-7-16-14-22(15-17(16)8-11-21)28(23,24)20-13-18(26-2)5-6-19(20)27-3/h5-6,13,16-17H,4,7-12,14-15H2,1-3H3/t16-,17+. The second kappa shape index (κ2) is 9.43. The first kappa shape index (κ1) is 21.4. The molecule has 2 aliphatic heterocycles. The van der Waals surface area contributed by atoms with E-state index in [1.54, 1.807) is 29.6 Å². The first-order valence-electron chi connectivity index (χ1n) is 9.93. The molecule has 0 unspecified atom stereocenters. The molecule has 0 aliphatic carbocycles. The molecule has 3 rings (SSSR count). The van der Waals surface area contributed by atoms with E-state index in [1.807, 2.05) is 0 Å². The Hall–Kier alpha value is -1.35. The molecule has 2 saturated heterocycles. The molecular formula is C20H32N2O5S. The molecule has 1 aromatic rings. The lowest BCUT2D eigenvalue weighted by Crippen LogP contribution is -2.32. The Labute approximate surface area is 168 Å². The van der Waals surface area contributed by atoms with Gasteiger partial charge in [-0.25, -0.2) is 8.42 Å². The number of hydrogen-bond acceptors (Lipinski definition) is 6. The van der Waals surface area contributed by atoms with Crippen LogP contribution in [0.15, 0.2) is 23.1 Å². The van der Waals surface area contributed by atoms with Crippen molar-refractivity contribution < 1.29 is 22.6 Å². The molecule has 2 atom stereocenters. The van der Waals surface area contributed by atoms with Crippen molar-refractivity contribution >= 4 is 10.0 Å². The summed E-state index contributed by atoms with van der Waals surface area (Å²) in [6.45, 7) is 5.06. The number of fused-ring (bicyclic) bond motifs is 1. The van der Waals surface area contributed by atoms with Gasteiger partial charge in [-0.3, -0.25) is 0 Å². The van der Waals surface area contributed by atoms with Crippen molar-refractivity contribution in [3.8, 4) is 11.5 Å². The van der Waals surface area contributed by atoms with Crippen LogP contribution in [0.2, 0.25) is 0 Å². The van der Waals surface area contributed by atoms with Gasteiger partial charge < -0.3 is 19.1 Å². The van der Waals surface area contributed by atoms with E-state index >= 15 is 0 Å². The highest BCUT2D eigenvalue weighted by Gasteiger charge is 2.41. The number of ether oxygens (including phenoxy) is 3.